The number of likely N-dealkylation sites (N-methyl/N-ethyl adjacent to an activating group) is 1. The SMILES string of the molecule is CCC(C(=O)NC)N(Cc1cccc(OC)c1)C(=O)CN(c1cccc(Br)c1)S(=O)(=O)c1ccccc1. The summed E-state index contributed by atoms with van der Waals surface area (Å²) in [5.74, 6) is -0.239. The van der Waals surface area contributed by atoms with Crippen molar-refractivity contribution in [2.75, 3.05) is 25.0 Å². The zero-order chi connectivity index (χ0) is 27.0. The molecule has 0 aromatic heterocycles. The van der Waals surface area contributed by atoms with E-state index in [2.05, 4.69) is 21.2 Å². The second kappa shape index (κ2) is 12.7. The molecule has 2 amide bonds. The number of anilines is 1. The van der Waals surface area contributed by atoms with Crippen molar-refractivity contribution >= 4 is 43.5 Å². The van der Waals surface area contributed by atoms with Crippen molar-refractivity contribution < 1.29 is 22.7 Å². The average Bonchev–Trinajstić information content (AvgIpc) is 2.91. The zero-order valence-electron chi connectivity index (χ0n) is 20.9. The maximum atomic E-state index is 13.9. The van der Waals surface area contributed by atoms with Crippen molar-refractivity contribution in [2.45, 2.75) is 30.8 Å². The third-order valence-electron chi connectivity index (χ3n) is 5.83. The maximum absolute atomic E-state index is 13.9. The van der Waals surface area contributed by atoms with E-state index in [1.807, 2.05) is 6.07 Å². The molecule has 0 saturated carbocycles. The third-order valence-corrected chi connectivity index (χ3v) is 8.11. The molecule has 0 radical (unpaired) electrons. The van der Waals surface area contributed by atoms with Crippen LogP contribution in [-0.4, -0.2) is 51.9 Å². The fourth-order valence-electron chi connectivity index (χ4n) is 3.93. The van der Waals surface area contributed by atoms with E-state index in [0.29, 0.717) is 22.3 Å². The van der Waals surface area contributed by atoms with Crippen LogP contribution in [-0.2, 0) is 26.2 Å². The standard InChI is InChI=1S/C27H30BrN3O5S/c1-4-25(27(33)29-2)30(18-20-10-8-13-23(16-20)36-3)26(32)19-31(22-12-9-11-21(28)17-22)37(34,35)24-14-6-5-7-15-24/h5-17,25H,4,18-19H2,1-3H3,(H,29,33). The fourth-order valence-corrected chi connectivity index (χ4v) is 5.75. The predicted molar refractivity (Wildman–Crippen MR) is 147 cm³/mol. The number of halogens is 1. The van der Waals surface area contributed by atoms with Gasteiger partial charge < -0.3 is 15.0 Å². The zero-order valence-corrected chi connectivity index (χ0v) is 23.3. The average molecular weight is 589 g/mol. The van der Waals surface area contributed by atoms with Gasteiger partial charge in [-0.25, -0.2) is 8.42 Å². The number of benzene rings is 3. The molecule has 1 atom stereocenters. The van der Waals surface area contributed by atoms with Gasteiger partial charge in [-0.3, -0.25) is 13.9 Å². The van der Waals surface area contributed by atoms with Crippen LogP contribution in [0.1, 0.15) is 18.9 Å². The molecule has 3 aromatic carbocycles. The Morgan fingerprint density at radius 2 is 1.70 bits per heavy atom. The van der Waals surface area contributed by atoms with Crippen LogP contribution in [0.25, 0.3) is 0 Å². The summed E-state index contributed by atoms with van der Waals surface area (Å²) in [5.41, 5.74) is 1.07. The smallest absolute Gasteiger partial charge is 0.264 e. The summed E-state index contributed by atoms with van der Waals surface area (Å²) < 4.78 is 34.5. The summed E-state index contributed by atoms with van der Waals surface area (Å²) in [6.07, 6.45) is 0.345. The molecule has 8 nitrogen and oxygen atoms in total. The maximum Gasteiger partial charge on any atom is 0.264 e. The van der Waals surface area contributed by atoms with Gasteiger partial charge in [-0.2, -0.15) is 0 Å². The molecule has 3 rings (SSSR count). The van der Waals surface area contributed by atoms with Gasteiger partial charge in [0.05, 0.1) is 17.7 Å². The topological polar surface area (TPSA) is 96.0 Å². The molecule has 1 N–H and O–H groups in total. The largest absolute Gasteiger partial charge is 0.497 e. The highest BCUT2D eigenvalue weighted by atomic mass is 79.9. The number of amides is 2. The molecule has 37 heavy (non-hydrogen) atoms. The van der Waals surface area contributed by atoms with Gasteiger partial charge in [-0.15, -0.1) is 0 Å². The number of nitrogens with zero attached hydrogens (tertiary/aromatic N) is 2. The second-order valence-electron chi connectivity index (χ2n) is 8.22. The number of rotatable bonds is 11. The van der Waals surface area contributed by atoms with Crippen molar-refractivity contribution in [1.29, 1.82) is 0 Å². The van der Waals surface area contributed by atoms with Crippen molar-refractivity contribution in [3.05, 3.63) is 88.9 Å². The van der Waals surface area contributed by atoms with Crippen LogP contribution >= 0.6 is 15.9 Å². The van der Waals surface area contributed by atoms with E-state index in [-0.39, 0.29) is 17.3 Å². The van der Waals surface area contributed by atoms with Crippen LogP contribution in [0.5, 0.6) is 5.75 Å². The first-order valence-electron chi connectivity index (χ1n) is 11.7. The van der Waals surface area contributed by atoms with E-state index < -0.39 is 28.5 Å². The molecule has 0 spiro atoms. The van der Waals surface area contributed by atoms with Crippen LogP contribution in [0.4, 0.5) is 5.69 Å². The van der Waals surface area contributed by atoms with Gasteiger partial charge in [-0.05, 0) is 54.4 Å². The van der Waals surface area contributed by atoms with Crippen LogP contribution in [0.3, 0.4) is 0 Å². The summed E-state index contributed by atoms with van der Waals surface area (Å²) in [4.78, 5) is 28.1. The van der Waals surface area contributed by atoms with Gasteiger partial charge in [0, 0.05) is 18.1 Å². The summed E-state index contributed by atoms with van der Waals surface area (Å²) in [6, 6.07) is 21.1. The molecule has 0 aliphatic heterocycles. The number of hydrogen-bond donors (Lipinski definition) is 1. The number of sulfonamides is 1. The summed E-state index contributed by atoms with van der Waals surface area (Å²) in [5, 5.41) is 2.61. The van der Waals surface area contributed by atoms with Gasteiger partial charge in [0.1, 0.15) is 18.3 Å². The number of carbonyl (C=O) groups excluding carboxylic acids is 2. The van der Waals surface area contributed by atoms with Crippen LogP contribution in [0, 0.1) is 0 Å². The van der Waals surface area contributed by atoms with Crippen molar-refractivity contribution in [3.63, 3.8) is 0 Å². The monoisotopic (exact) mass is 587 g/mol. The quantitative estimate of drug-likeness (QED) is 0.362. The molecule has 10 heteroatoms. The van der Waals surface area contributed by atoms with Gasteiger partial charge in [-0.1, -0.05) is 59.3 Å². The molecular formula is C27H30BrN3O5S. The Hall–Kier alpha value is -3.37. The van der Waals surface area contributed by atoms with E-state index in [9.17, 15) is 18.0 Å². The lowest BCUT2D eigenvalue weighted by molar-refractivity contribution is -0.140. The molecule has 3 aromatic rings. The lowest BCUT2D eigenvalue weighted by Crippen LogP contribution is -2.51. The summed E-state index contributed by atoms with van der Waals surface area (Å²) in [6.45, 7) is 1.41. The second-order valence-corrected chi connectivity index (χ2v) is 11.0. The van der Waals surface area contributed by atoms with Gasteiger partial charge in [0.15, 0.2) is 0 Å². The fraction of sp³-hybridized carbons (Fsp3) is 0.259. The molecule has 0 aliphatic rings. The number of ether oxygens (including phenoxy) is 1. The molecular weight excluding hydrogens is 558 g/mol. The highest BCUT2D eigenvalue weighted by Gasteiger charge is 2.33. The molecule has 0 heterocycles. The molecule has 196 valence electrons. The number of nitrogens with one attached hydrogen (secondary N) is 1. The summed E-state index contributed by atoms with van der Waals surface area (Å²) in [7, 11) is -1.04. The van der Waals surface area contributed by atoms with Gasteiger partial charge >= 0.3 is 0 Å². The number of carbonyl (C=O) groups is 2. The van der Waals surface area contributed by atoms with Crippen molar-refractivity contribution in [1.82, 2.24) is 10.2 Å². The normalized spacial score (nSPS) is 11.9. The molecule has 0 bridgehead atoms. The first-order chi connectivity index (χ1) is 17.7. The Labute approximate surface area is 226 Å². The van der Waals surface area contributed by atoms with Crippen molar-refractivity contribution in [3.8, 4) is 5.75 Å². The lowest BCUT2D eigenvalue weighted by Gasteiger charge is -2.33. The van der Waals surface area contributed by atoms with E-state index in [0.717, 1.165) is 9.87 Å². The van der Waals surface area contributed by atoms with Gasteiger partial charge in [0.25, 0.3) is 10.0 Å². The minimum Gasteiger partial charge on any atom is -0.497 e. The summed E-state index contributed by atoms with van der Waals surface area (Å²) >= 11 is 3.39. The minimum atomic E-state index is -4.10. The van der Waals surface area contributed by atoms with E-state index in [1.54, 1.807) is 74.7 Å². The lowest BCUT2D eigenvalue weighted by atomic mass is 10.1. The highest BCUT2D eigenvalue weighted by Crippen LogP contribution is 2.27. The van der Waals surface area contributed by atoms with Crippen molar-refractivity contribution in [2.24, 2.45) is 0 Å². The Balaban J connectivity index is 2.05. The Bertz CT molecular complexity index is 1330. The van der Waals surface area contributed by atoms with Crippen LogP contribution in [0.15, 0.2) is 88.2 Å². The number of hydrogen-bond acceptors (Lipinski definition) is 5. The van der Waals surface area contributed by atoms with E-state index in [1.165, 1.54) is 24.1 Å². The Morgan fingerprint density at radius 3 is 2.32 bits per heavy atom. The molecule has 1 unspecified atom stereocenters. The highest BCUT2D eigenvalue weighted by molar-refractivity contribution is 9.10. The van der Waals surface area contributed by atoms with E-state index in [4.69, 9.17) is 4.74 Å². The van der Waals surface area contributed by atoms with E-state index >= 15 is 0 Å². The molecule has 0 aliphatic carbocycles. The number of methoxy groups -OCH3 is 1. The van der Waals surface area contributed by atoms with Crippen LogP contribution in [0.2, 0.25) is 0 Å². The Kier molecular flexibility index (Phi) is 9.71. The Morgan fingerprint density at radius 1 is 1.00 bits per heavy atom. The third kappa shape index (κ3) is 6.90. The predicted octanol–water partition coefficient (Wildman–Crippen LogP) is 4.21. The first kappa shape index (κ1) is 28.2. The minimum absolute atomic E-state index is 0.0560. The molecule has 0 fully saturated rings. The van der Waals surface area contributed by atoms with Crippen LogP contribution < -0.4 is 14.4 Å². The van der Waals surface area contributed by atoms with Gasteiger partial charge in [0.2, 0.25) is 11.8 Å². The molecule has 0 saturated heterocycles. The first-order valence-corrected chi connectivity index (χ1v) is 13.9.